The molecule has 23 heavy (non-hydrogen) atoms. The maximum Gasteiger partial charge on any atom is 0.191 e. The zero-order chi connectivity index (χ0) is 15.8. The van der Waals surface area contributed by atoms with Gasteiger partial charge in [-0.2, -0.15) is 0 Å². The van der Waals surface area contributed by atoms with E-state index in [0.29, 0.717) is 24.8 Å². The van der Waals surface area contributed by atoms with Gasteiger partial charge in [0.25, 0.3) is 0 Å². The molecule has 1 aromatic heterocycles. The van der Waals surface area contributed by atoms with Crippen molar-refractivity contribution in [2.24, 2.45) is 4.99 Å². The van der Waals surface area contributed by atoms with Crippen LogP contribution in [0, 0.1) is 0 Å². The van der Waals surface area contributed by atoms with Crippen LogP contribution in [0.15, 0.2) is 47.6 Å². The molecule has 0 bridgehead atoms. The van der Waals surface area contributed by atoms with Crippen LogP contribution in [0.25, 0.3) is 0 Å². The first kappa shape index (κ1) is 19.0. The number of halogens is 1. The van der Waals surface area contributed by atoms with E-state index in [2.05, 4.69) is 20.6 Å². The topological polar surface area (TPSA) is 78.8 Å². The second kappa shape index (κ2) is 9.88. The molecule has 124 valence electrons. The first-order valence-corrected chi connectivity index (χ1v) is 6.93. The zero-order valence-electron chi connectivity index (χ0n) is 13.1. The maximum absolute atomic E-state index is 9.86. The summed E-state index contributed by atoms with van der Waals surface area (Å²) in [4.78, 5) is 8.38. The summed E-state index contributed by atoms with van der Waals surface area (Å²) < 4.78 is 5.16. The molecule has 0 saturated carbocycles. The molecule has 0 unspecified atom stereocenters. The van der Waals surface area contributed by atoms with Crippen LogP contribution in [-0.4, -0.2) is 30.2 Å². The molecule has 7 heteroatoms. The molecule has 0 spiro atoms. The Morgan fingerprint density at radius 1 is 1.22 bits per heavy atom. The number of nitrogens with zero attached hydrogens (tertiary/aromatic N) is 2. The summed E-state index contributed by atoms with van der Waals surface area (Å²) in [6.07, 6.45) is 1.75. The molecule has 1 aromatic carbocycles. The summed E-state index contributed by atoms with van der Waals surface area (Å²) in [6.45, 7) is 1.01. The van der Waals surface area contributed by atoms with Gasteiger partial charge in [-0.25, -0.2) is 0 Å². The van der Waals surface area contributed by atoms with Crippen LogP contribution in [0.4, 0.5) is 0 Å². The van der Waals surface area contributed by atoms with E-state index in [0.717, 1.165) is 11.3 Å². The van der Waals surface area contributed by atoms with E-state index in [9.17, 15) is 5.11 Å². The highest BCUT2D eigenvalue weighted by atomic mass is 127. The number of hydrogen-bond acceptors (Lipinski definition) is 4. The van der Waals surface area contributed by atoms with Crippen molar-refractivity contribution < 1.29 is 9.84 Å². The first-order chi connectivity index (χ1) is 10.7. The minimum absolute atomic E-state index is 0. The third-order valence-corrected chi connectivity index (χ3v) is 3.12. The van der Waals surface area contributed by atoms with Crippen LogP contribution in [0.2, 0.25) is 0 Å². The molecule has 0 amide bonds. The molecule has 0 fully saturated rings. The Hall–Kier alpha value is -2.03. The Morgan fingerprint density at radius 3 is 2.65 bits per heavy atom. The third kappa shape index (κ3) is 5.93. The Bertz CT molecular complexity index is 635. The fourth-order valence-electron chi connectivity index (χ4n) is 1.91. The van der Waals surface area contributed by atoms with Crippen molar-refractivity contribution in [3.05, 3.63) is 53.9 Å². The molecule has 1 heterocycles. The van der Waals surface area contributed by atoms with E-state index in [1.807, 2.05) is 18.2 Å². The van der Waals surface area contributed by atoms with Gasteiger partial charge in [-0.15, -0.1) is 24.0 Å². The second-order valence-corrected chi connectivity index (χ2v) is 4.60. The number of ether oxygens (including phenoxy) is 1. The Balaban J connectivity index is 0.00000264. The largest absolute Gasteiger partial charge is 0.508 e. The number of benzene rings is 1. The molecule has 0 saturated heterocycles. The number of aromatic hydroxyl groups is 1. The minimum Gasteiger partial charge on any atom is -0.508 e. The number of phenols is 1. The van der Waals surface area contributed by atoms with E-state index in [1.165, 1.54) is 0 Å². The molecule has 0 aliphatic rings. The lowest BCUT2D eigenvalue weighted by molar-refractivity contribution is 0.410. The number of rotatable bonds is 5. The Kier molecular flexibility index (Phi) is 8.17. The van der Waals surface area contributed by atoms with Gasteiger partial charge in [-0.3, -0.25) is 9.98 Å². The van der Waals surface area contributed by atoms with Gasteiger partial charge in [0.1, 0.15) is 11.5 Å². The number of pyridine rings is 1. The first-order valence-electron chi connectivity index (χ1n) is 6.93. The molecule has 0 radical (unpaired) electrons. The second-order valence-electron chi connectivity index (χ2n) is 4.60. The predicted octanol–water partition coefficient (Wildman–Crippen LogP) is 2.28. The van der Waals surface area contributed by atoms with E-state index < -0.39 is 0 Å². The normalized spacial score (nSPS) is 10.6. The average Bonchev–Trinajstić information content (AvgIpc) is 2.57. The quantitative estimate of drug-likeness (QED) is 0.387. The lowest BCUT2D eigenvalue weighted by Crippen LogP contribution is -2.36. The van der Waals surface area contributed by atoms with E-state index in [-0.39, 0.29) is 29.7 Å². The molecular formula is C16H21IN4O2. The molecule has 2 rings (SSSR count). The highest BCUT2D eigenvalue weighted by molar-refractivity contribution is 14.0. The molecule has 6 nitrogen and oxygen atoms in total. The van der Waals surface area contributed by atoms with Crippen molar-refractivity contribution in [1.82, 2.24) is 15.6 Å². The van der Waals surface area contributed by atoms with E-state index in [4.69, 9.17) is 4.74 Å². The summed E-state index contributed by atoms with van der Waals surface area (Å²) in [5.41, 5.74) is 1.66. The molecule has 2 aromatic rings. The highest BCUT2D eigenvalue weighted by Gasteiger charge is 2.05. The summed E-state index contributed by atoms with van der Waals surface area (Å²) in [5.74, 6) is 1.55. The fraction of sp³-hybridized carbons (Fsp3) is 0.250. The van der Waals surface area contributed by atoms with Crippen molar-refractivity contribution in [2.75, 3.05) is 14.2 Å². The standard InChI is InChI=1S/C16H20N4O2.HI/c1-17-16(20-11-13-5-3-4-8-18-13)19-10-12-9-14(22-2)6-7-15(12)21;/h3-9,21H,10-11H2,1-2H3,(H2,17,19,20);1H. The van der Waals surface area contributed by atoms with Gasteiger partial charge in [0, 0.05) is 25.4 Å². The van der Waals surface area contributed by atoms with Crippen LogP contribution in [0.3, 0.4) is 0 Å². The fourth-order valence-corrected chi connectivity index (χ4v) is 1.91. The minimum atomic E-state index is 0. The van der Waals surface area contributed by atoms with Crippen molar-refractivity contribution in [3.8, 4) is 11.5 Å². The number of guanidine groups is 1. The van der Waals surface area contributed by atoms with Gasteiger partial charge >= 0.3 is 0 Å². The van der Waals surface area contributed by atoms with Crippen LogP contribution < -0.4 is 15.4 Å². The van der Waals surface area contributed by atoms with Gasteiger partial charge in [0.15, 0.2) is 5.96 Å². The highest BCUT2D eigenvalue weighted by Crippen LogP contribution is 2.22. The molecule has 0 aliphatic carbocycles. The number of phenolic OH excluding ortho intramolecular Hbond substituents is 1. The van der Waals surface area contributed by atoms with Crippen molar-refractivity contribution in [2.45, 2.75) is 13.1 Å². The van der Waals surface area contributed by atoms with Crippen LogP contribution in [-0.2, 0) is 13.1 Å². The average molecular weight is 428 g/mol. The lowest BCUT2D eigenvalue weighted by atomic mass is 10.2. The van der Waals surface area contributed by atoms with Gasteiger partial charge in [0.2, 0.25) is 0 Å². The smallest absolute Gasteiger partial charge is 0.191 e. The maximum atomic E-state index is 9.86. The van der Waals surface area contributed by atoms with Gasteiger partial charge in [0.05, 0.1) is 19.3 Å². The number of aromatic nitrogens is 1. The summed E-state index contributed by atoms with van der Waals surface area (Å²) >= 11 is 0. The van der Waals surface area contributed by atoms with Gasteiger partial charge in [-0.05, 0) is 30.3 Å². The van der Waals surface area contributed by atoms with Crippen molar-refractivity contribution in [1.29, 1.82) is 0 Å². The predicted molar refractivity (Wildman–Crippen MR) is 101 cm³/mol. The molecule has 0 aliphatic heterocycles. The Morgan fingerprint density at radius 2 is 2.00 bits per heavy atom. The van der Waals surface area contributed by atoms with Crippen LogP contribution in [0.1, 0.15) is 11.3 Å². The number of hydrogen-bond donors (Lipinski definition) is 3. The summed E-state index contributed by atoms with van der Waals surface area (Å²) in [5, 5.41) is 16.2. The van der Waals surface area contributed by atoms with E-state index >= 15 is 0 Å². The lowest BCUT2D eigenvalue weighted by Gasteiger charge is -2.13. The van der Waals surface area contributed by atoms with Crippen LogP contribution >= 0.6 is 24.0 Å². The van der Waals surface area contributed by atoms with Crippen molar-refractivity contribution >= 4 is 29.9 Å². The summed E-state index contributed by atoms with van der Waals surface area (Å²) in [7, 11) is 3.29. The molecule has 3 N–H and O–H groups in total. The number of aliphatic imine (C=N–C) groups is 1. The van der Waals surface area contributed by atoms with Gasteiger partial charge < -0.3 is 20.5 Å². The number of nitrogens with one attached hydrogen (secondary N) is 2. The molecular weight excluding hydrogens is 407 g/mol. The van der Waals surface area contributed by atoms with Crippen molar-refractivity contribution in [3.63, 3.8) is 0 Å². The Labute approximate surface area is 153 Å². The summed E-state index contributed by atoms with van der Waals surface area (Å²) in [6, 6.07) is 10.9. The SMILES string of the molecule is CN=C(NCc1ccccn1)NCc1cc(OC)ccc1O.I. The third-order valence-electron chi connectivity index (χ3n) is 3.12. The monoisotopic (exact) mass is 428 g/mol. The zero-order valence-corrected chi connectivity index (χ0v) is 15.4. The van der Waals surface area contributed by atoms with Crippen LogP contribution in [0.5, 0.6) is 11.5 Å². The molecule has 0 atom stereocenters. The number of methoxy groups -OCH3 is 1. The van der Waals surface area contributed by atoms with Gasteiger partial charge in [-0.1, -0.05) is 6.07 Å². The van der Waals surface area contributed by atoms with E-state index in [1.54, 1.807) is 38.6 Å².